The van der Waals surface area contributed by atoms with Crippen LogP contribution in [0.5, 0.6) is 0 Å². The van der Waals surface area contributed by atoms with Crippen LogP contribution in [0.4, 0.5) is 8.78 Å². The van der Waals surface area contributed by atoms with Crippen LogP contribution in [-0.2, 0) is 19.3 Å². The van der Waals surface area contributed by atoms with Gasteiger partial charge in [-0.05, 0) is 72.6 Å². The van der Waals surface area contributed by atoms with E-state index in [-0.39, 0.29) is 5.56 Å². The quantitative estimate of drug-likeness (QED) is 0.192. The largest absolute Gasteiger partial charge is 0.236 e. The maximum Gasteiger partial charge on any atom is 0.170 e. The minimum absolute atomic E-state index is 0.208. The number of fused-ring (bicyclic) bond motifs is 1. The van der Waals surface area contributed by atoms with Gasteiger partial charge in [-0.2, -0.15) is 0 Å². The number of aromatic nitrogens is 2. The van der Waals surface area contributed by atoms with Crippen LogP contribution in [0.15, 0.2) is 18.5 Å². The number of halogens is 2. The zero-order valence-electron chi connectivity index (χ0n) is 24.0. The highest BCUT2D eigenvalue weighted by Crippen LogP contribution is 2.36. The van der Waals surface area contributed by atoms with Crippen molar-refractivity contribution in [3.05, 3.63) is 46.8 Å². The summed E-state index contributed by atoms with van der Waals surface area (Å²) in [5, 5.41) is 0. The van der Waals surface area contributed by atoms with Crippen molar-refractivity contribution in [1.82, 2.24) is 9.97 Å². The minimum atomic E-state index is -0.785. The number of benzene rings is 1. The second kappa shape index (κ2) is 15.1. The standard InChI is InChI=1S/C34H50F2N2/c1-3-25(2)13-11-12-16-28-23-37-34(38-24-28)31-22-29-20-19-27(21-30(29)32(35)33(31)36)15-10-8-6-4-5-7-9-14-26-17-18-26/h22-27H,3-21H2,1-2H3. The summed E-state index contributed by atoms with van der Waals surface area (Å²) in [6, 6.07) is 1.81. The lowest BCUT2D eigenvalue weighted by molar-refractivity contribution is 0.388. The minimum Gasteiger partial charge on any atom is -0.236 e. The Morgan fingerprint density at radius 1 is 0.816 bits per heavy atom. The number of unbranched alkanes of at least 4 members (excludes halogenated alkanes) is 7. The highest BCUT2D eigenvalue weighted by atomic mass is 19.2. The number of aryl methyl sites for hydroxylation is 2. The predicted molar refractivity (Wildman–Crippen MR) is 154 cm³/mol. The van der Waals surface area contributed by atoms with Crippen LogP contribution in [0.3, 0.4) is 0 Å². The van der Waals surface area contributed by atoms with E-state index in [0.717, 1.165) is 55.1 Å². The molecule has 2 atom stereocenters. The number of nitrogens with zero attached hydrogens (tertiary/aromatic N) is 2. The van der Waals surface area contributed by atoms with Crippen molar-refractivity contribution in [3.63, 3.8) is 0 Å². The number of hydrogen-bond donors (Lipinski definition) is 0. The van der Waals surface area contributed by atoms with E-state index in [2.05, 4.69) is 23.8 Å². The van der Waals surface area contributed by atoms with E-state index in [1.807, 2.05) is 6.07 Å². The van der Waals surface area contributed by atoms with E-state index in [1.54, 1.807) is 12.4 Å². The molecule has 38 heavy (non-hydrogen) atoms. The lowest BCUT2D eigenvalue weighted by Gasteiger charge is -2.26. The van der Waals surface area contributed by atoms with Gasteiger partial charge >= 0.3 is 0 Å². The first-order chi connectivity index (χ1) is 18.5. The summed E-state index contributed by atoms with van der Waals surface area (Å²) in [6.07, 6.45) is 26.7. The Morgan fingerprint density at radius 2 is 1.47 bits per heavy atom. The molecule has 0 radical (unpaired) electrons. The molecule has 2 aliphatic rings. The first-order valence-corrected chi connectivity index (χ1v) is 15.9. The summed E-state index contributed by atoms with van der Waals surface area (Å²) in [5.74, 6) is 1.14. The zero-order chi connectivity index (χ0) is 26.7. The third kappa shape index (κ3) is 8.85. The monoisotopic (exact) mass is 524 g/mol. The summed E-state index contributed by atoms with van der Waals surface area (Å²) in [5.41, 5.74) is 2.81. The summed E-state index contributed by atoms with van der Waals surface area (Å²) in [7, 11) is 0. The molecule has 1 fully saturated rings. The SMILES string of the molecule is CCC(C)CCCCc1cnc(-c2cc3c(c(F)c2F)CC(CCCCCCCCCC2CC2)CC3)nc1. The second-order valence-electron chi connectivity index (χ2n) is 12.5. The van der Waals surface area contributed by atoms with Crippen molar-refractivity contribution in [2.45, 2.75) is 136 Å². The van der Waals surface area contributed by atoms with Crippen LogP contribution in [0.1, 0.15) is 133 Å². The van der Waals surface area contributed by atoms with Crippen molar-refractivity contribution in [1.29, 1.82) is 0 Å². The van der Waals surface area contributed by atoms with Crippen LogP contribution in [0.2, 0.25) is 0 Å². The van der Waals surface area contributed by atoms with Gasteiger partial charge in [0.1, 0.15) is 0 Å². The van der Waals surface area contributed by atoms with E-state index in [4.69, 9.17) is 0 Å². The molecule has 2 aromatic rings. The molecule has 0 aliphatic heterocycles. The smallest absolute Gasteiger partial charge is 0.170 e. The van der Waals surface area contributed by atoms with Gasteiger partial charge in [0.25, 0.3) is 0 Å². The molecule has 210 valence electrons. The molecule has 0 bridgehead atoms. The first kappa shape index (κ1) is 29.2. The Balaban J connectivity index is 1.21. The Bertz CT molecular complexity index is 983. The lowest BCUT2D eigenvalue weighted by atomic mass is 9.80. The van der Waals surface area contributed by atoms with E-state index in [1.165, 1.54) is 83.5 Å². The van der Waals surface area contributed by atoms with E-state index >= 15 is 8.78 Å². The number of rotatable bonds is 17. The molecule has 1 heterocycles. The fourth-order valence-corrected chi connectivity index (χ4v) is 6.13. The molecule has 0 amide bonds. The molecule has 0 spiro atoms. The van der Waals surface area contributed by atoms with E-state index in [9.17, 15) is 0 Å². The molecule has 1 aromatic carbocycles. The molecule has 2 unspecified atom stereocenters. The van der Waals surface area contributed by atoms with Crippen LogP contribution < -0.4 is 0 Å². The number of hydrogen-bond acceptors (Lipinski definition) is 2. The van der Waals surface area contributed by atoms with Crippen LogP contribution in [0.25, 0.3) is 11.4 Å². The molecule has 4 heteroatoms. The molecule has 1 saturated carbocycles. The Labute approximate surface area is 230 Å². The molecule has 2 aliphatic carbocycles. The molecule has 1 aromatic heterocycles. The molecule has 2 nitrogen and oxygen atoms in total. The van der Waals surface area contributed by atoms with Crippen LogP contribution in [0, 0.1) is 29.4 Å². The Kier molecular flexibility index (Phi) is 11.6. The van der Waals surface area contributed by atoms with Crippen molar-refractivity contribution < 1.29 is 8.78 Å². The third-order valence-corrected chi connectivity index (χ3v) is 9.19. The Morgan fingerprint density at radius 3 is 2.13 bits per heavy atom. The summed E-state index contributed by atoms with van der Waals surface area (Å²) < 4.78 is 30.3. The molecule has 4 rings (SSSR count). The van der Waals surface area contributed by atoms with Gasteiger partial charge in [-0.15, -0.1) is 0 Å². The van der Waals surface area contributed by atoms with Crippen molar-refractivity contribution in [3.8, 4) is 11.4 Å². The first-order valence-electron chi connectivity index (χ1n) is 15.9. The zero-order valence-corrected chi connectivity index (χ0v) is 24.0. The van der Waals surface area contributed by atoms with Crippen molar-refractivity contribution in [2.24, 2.45) is 17.8 Å². The predicted octanol–water partition coefficient (Wildman–Crippen LogP) is 10.2. The topological polar surface area (TPSA) is 25.8 Å². The maximum absolute atomic E-state index is 15.2. The summed E-state index contributed by atoms with van der Waals surface area (Å²) in [6.45, 7) is 4.53. The summed E-state index contributed by atoms with van der Waals surface area (Å²) >= 11 is 0. The average Bonchev–Trinajstić information content (AvgIpc) is 3.77. The van der Waals surface area contributed by atoms with Crippen molar-refractivity contribution >= 4 is 0 Å². The molecular weight excluding hydrogens is 474 g/mol. The summed E-state index contributed by atoms with van der Waals surface area (Å²) in [4.78, 5) is 8.84. The van der Waals surface area contributed by atoms with Gasteiger partial charge in [0.15, 0.2) is 17.5 Å². The van der Waals surface area contributed by atoms with Gasteiger partial charge < -0.3 is 0 Å². The maximum atomic E-state index is 15.2. The molecule has 0 N–H and O–H groups in total. The van der Waals surface area contributed by atoms with Crippen LogP contribution >= 0.6 is 0 Å². The second-order valence-corrected chi connectivity index (χ2v) is 12.5. The van der Waals surface area contributed by atoms with Gasteiger partial charge in [-0.25, -0.2) is 18.7 Å². The fraction of sp³-hybridized carbons (Fsp3) is 0.706. The fourth-order valence-electron chi connectivity index (χ4n) is 6.13. The van der Waals surface area contributed by atoms with E-state index in [0.29, 0.717) is 23.7 Å². The third-order valence-electron chi connectivity index (χ3n) is 9.19. The highest BCUT2D eigenvalue weighted by molar-refractivity contribution is 5.59. The average molecular weight is 525 g/mol. The molecule has 0 saturated heterocycles. The van der Waals surface area contributed by atoms with Gasteiger partial charge in [-0.3, -0.25) is 0 Å². The normalized spacial score (nSPS) is 17.9. The van der Waals surface area contributed by atoms with Gasteiger partial charge in [0.05, 0.1) is 5.56 Å². The van der Waals surface area contributed by atoms with E-state index < -0.39 is 11.6 Å². The van der Waals surface area contributed by atoms with Gasteiger partial charge in [0.2, 0.25) is 0 Å². The molecular formula is C34H50F2N2. The Hall–Kier alpha value is -1.84. The van der Waals surface area contributed by atoms with Crippen LogP contribution in [-0.4, -0.2) is 9.97 Å². The van der Waals surface area contributed by atoms with Gasteiger partial charge in [-0.1, -0.05) is 104 Å². The van der Waals surface area contributed by atoms with Gasteiger partial charge in [0, 0.05) is 12.4 Å². The lowest BCUT2D eigenvalue weighted by Crippen LogP contribution is -2.17. The highest BCUT2D eigenvalue weighted by Gasteiger charge is 2.26. The van der Waals surface area contributed by atoms with Crippen molar-refractivity contribution in [2.75, 3.05) is 0 Å².